The maximum atomic E-state index is 6.35. The molecule has 0 heterocycles. The van der Waals surface area contributed by atoms with Crippen LogP contribution in [0.3, 0.4) is 0 Å². The minimum atomic E-state index is -1.65. The molecule has 0 radical (unpaired) electrons. The maximum Gasteiger partial charge on any atom is 0.191 e. The molecule has 1 aliphatic carbocycles. The Bertz CT molecular complexity index is 600. The second-order valence-electron chi connectivity index (χ2n) is 8.92. The summed E-state index contributed by atoms with van der Waals surface area (Å²) in [6.07, 6.45) is 9.65. The Kier molecular flexibility index (Phi) is 7.06. The highest BCUT2D eigenvalue weighted by molar-refractivity contribution is 6.74. The fourth-order valence-corrected chi connectivity index (χ4v) is 4.28. The Labute approximate surface area is 161 Å². The molecule has 0 spiro atoms. The third-order valence-electron chi connectivity index (χ3n) is 6.05. The lowest BCUT2D eigenvalue weighted by Gasteiger charge is -2.36. The van der Waals surface area contributed by atoms with Gasteiger partial charge in [0.25, 0.3) is 0 Å². The quantitative estimate of drug-likeness (QED) is 0.279. The minimum absolute atomic E-state index is 0.269. The summed E-state index contributed by atoms with van der Waals surface area (Å²) >= 11 is 0. The van der Waals surface area contributed by atoms with Crippen LogP contribution >= 0.6 is 0 Å². The average Bonchev–Trinajstić information content (AvgIpc) is 3.00. The zero-order valence-electron chi connectivity index (χ0n) is 17.3. The molecule has 0 amide bonds. The molecule has 0 saturated carbocycles. The molecule has 0 saturated heterocycles. The molecule has 1 aliphatic rings. The molecule has 2 rings (SSSR count). The Balaban J connectivity index is 1.87. The van der Waals surface area contributed by atoms with Gasteiger partial charge in [0.15, 0.2) is 8.32 Å². The fraction of sp³-hybridized carbons (Fsp3) is 0.565. The number of hydrogen-bond donors (Lipinski definition) is 0. The van der Waals surface area contributed by atoms with Crippen LogP contribution in [0.4, 0.5) is 0 Å². The molecule has 144 valence electrons. The second kappa shape index (κ2) is 8.68. The summed E-state index contributed by atoms with van der Waals surface area (Å²) in [7, 11) is -1.65. The van der Waals surface area contributed by atoms with Crippen molar-refractivity contribution in [1.82, 2.24) is 0 Å². The largest absolute Gasteiger partial charge is 0.417 e. The van der Waals surface area contributed by atoms with Gasteiger partial charge in [-0.15, -0.1) is 0 Å². The minimum Gasteiger partial charge on any atom is -0.417 e. The van der Waals surface area contributed by atoms with Crippen molar-refractivity contribution in [2.24, 2.45) is 5.92 Å². The van der Waals surface area contributed by atoms with Crippen molar-refractivity contribution in [2.75, 3.05) is 6.61 Å². The lowest BCUT2D eigenvalue weighted by atomic mass is 9.86. The van der Waals surface area contributed by atoms with Crippen LogP contribution in [0.15, 0.2) is 55.1 Å². The first-order valence-corrected chi connectivity index (χ1v) is 12.7. The molecule has 1 aromatic rings. The first kappa shape index (κ1) is 21.1. The lowest BCUT2D eigenvalue weighted by molar-refractivity contribution is -0.0221. The average molecular weight is 373 g/mol. The van der Waals surface area contributed by atoms with Crippen molar-refractivity contribution in [1.29, 1.82) is 0 Å². The molecular weight excluding hydrogens is 336 g/mol. The van der Waals surface area contributed by atoms with E-state index in [9.17, 15) is 0 Å². The van der Waals surface area contributed by atoms with Crippen molar-refractivity contribution in [2.45, 2.75) is 70.4 Å². The molecule has 3 heteroatoms. The molecule has 0 N–H and O–H groups in total. The Morgan fingerprint density at radius 3 is 2.54 bits per heavy atom. The first-order valence-electron chi connectivity index (χ1n) is 9.83. The molecule has 0 aliphatic heterocycles. The van der Waals surface area contributed by atoms with E-state index in [1.807, 2.05) is 12.1 Å². The SMILES string of the molecule is C=C[C@]1(OCc2ccccc2)C=CC[C@H]1CCCO[Si](C)(C)C(C)(C)C. The lowest BCUT2D eigenvalue weighted by Crippen LogP contribution is -2.41. The van der Waals surface area contributed by atoms with Crippen LogP contribution in [0.2, 0.25) is 18.1 Å². The summed E-state index contributed by atoms with van der Waals surface area (Å²) in [5, 5.41) is 0.269. The molecular formula is C23H36O2Si. The summed E-state index contributed by atoms with van der Waals surface area (Å²) in [5.74, 6) is 0.451. The fourth-order valence-electron chi connectivity index (χ4n) is 3.20. The van der Waals surface area contributed by atoms with Crippen LogP contribution in [0.1, 0.15) is 45.6 Å². The van der Waals surface area contributed by atoms with E-state index in [-0.39, 0.29) is 10.6 Å². The molecule has 2 atom stereocenters. The maximum absolute atomic E-state index is 6.35. The van der Waals surface area contributed by atoms with E-state index in [1.165, 1.54) is 5.56 Å². The Morgan fingerprint density at radius 1 is 1.23 bits per heavy atom. The van der Waals surface area contributed by atoms with Gasteiger partial charge in [-0.2, -0.15) is 0 Å². The van der Waals surface area contributed by atoms with E-state index in [0.717, 1.165) is 25.9 Å². The number of benzene rings is 1. The van der Waals surface area contributed by atoms with Gasteiger partial charge in [0, 0.05) is 6.61 Å². The van der Waals surface area contributed by atoms with Crippen molar-refractivity contribution >= 4 is 8.32 Å². The summed E-state index contributed by atoms with van der Waals surface area (Å²) in [5.41, 5.74) is 0.862. The predicted molar refractivity (Wildman–Crippen MR) is 114 cm³/mol. The number of ether oxygens (including phenoxy) is 1. The molecule has 0 bridgehead atoms. The number of allylic oxidation sites excluding steroid dienone is 1. The predicted octanol–water partition coefficient (Wildman–Crippen LogP) is 6.51. The summed E-state index contributed by atoms with van der Waals surface area (Å²) in [6.45, 7) is 17.1. The van der Waals surface area contributed by atoms with Gasteiger partial charge in [-0.1, -0.05) is 75.9 Å². The van der Waals surface area contributed by atoms with Crippen LogP contribution in [0.25, 0.3) is 0 Å². The normalized spacial score (nSPS) is 23.3. The van der Waals surface area contributed by atoms with Crippen molar-refractivity contribution in [3.8, 4) is 0 Å². The van der Waals surface area contributed by atoms with Crippen LogP contribution in [-0.4, -0.2) is 20.5 Å². The molecule has 0 unspecified atom stereocenters. The van der Waals surface area contributed by atoms with E-state index in [2.05, 4.69) is 76.9 Å². The third-order valence-corrected chi connectivity index (χ3v) is 10.6. The van der Waals surface area contributed by atoms with Gasteiger partial charge in [0.05, 0.1) is 6.61 Å². The van der Waals surface area contributed by atoms with Gasteiger partial charge < -0.3 is 9.16 Å². The van der Waals surface area contributed by atoms with E-state index >= 15 is 0 Å². The second-order valence-corrected chi connectivity index (χ2v) is 13.7. The zero-order chi connectivity index (χ0) is 19.3. The smallest absolute Gasteiger partial charge is 0.191 e. The van der Waals surface area contributed by atoms with Gasteiger partial charge in [-0.05, 0) is 48.9 Å². The van der Waals surface area contributed by atoms with Crippen LogP contribution in [-0.2, 0) is 15.8 Å². The highest BCUT2D eigenvalue weighted by atomic mass is 28.4. The summed E-state index contributed by atoms with van der Waals surface area (Å²) in [6, 6.07) is 10.4. The van der Waals surface area contributed by atoms with Crippen molar-refractivity contribution < 1.29 is 9.16 Å². The van der Waals surface area contributed by atoms with Crippen LogP contribution < -0.4 is 0 Å². The van der Waals surface area contributed by atoms with Crippen LogP contribution in [0, 0.1) is 5.92 Å². The number of hydrogen-bond acceptors (Lipinski definition) is 2. The molecule has 0 aromatic heterocycles. The van der Waals surface area contributed by atoms with E-state index in [4.69, 9.17) is 9.16 Å². The number of rotatable bonds is 9. The molecule has 26 heavy (non-hydrogen) atoms. The molecule has 0 fully saturated rings. The van der Waals surface area contributed by atoms with E-state index < -0.39 is 8.32 Å². The van der Waals surface area contributed by atoms with Crippen molar-refractivity contribution in [3.63, 3.8) is 0 Å². The van der Waals surface area contributed by atoms with Crippen LogP contribution in [0.5, 0.6) is 0 Å². The standard InChI is InChI=1S/C23H36O2Si/c1-7-23(24-19-20-13-9-8-10-14-20)17-11-15-21(23)16-12-18-25-26(5,6)22(2,3)4/h7-11,13-14,17,21H,1,12,15-16,18-19H2,2-6H3/t21-,23-/m0/s1. The monoisotopic (exact) mass is 372 g/mol. The van der Waals surface area contributed by atoms with Crippen molar-refractivity contribution in [3.05, 3.63) is 60.7 Å². The van der Waals surface area contributed by atoms with Gasteiger partial charge in [-0.25, -0.2) is 0 Å². The van der Waals surface area contributed by atoms with Gasteiger partial charge in [0.1, 0.15) is 5.60 Å². The van der Waals surface area contributed by atoms with E-state index in [0.29, 0.717) is 12.5 Å². The van der Waals surface area contributed by atoms with Gasteiger partial charge in [-0.3, -0.25) is 0 Å². The van der Waals surface area contributed by atoms with Gasteiger partial charge >= 0.3 is 0 Å². The first-order chi connectivity index (χ1) is 12.2. The molecule has 2 nitrogen and oxygen atoms in total. The van der Waals surface area contributed by atoms with Gasteiger partial charge in [0.2, 0.25) is 0 Å². The molecule has 1 aromatic carbocycles. The highest BCUT2D eigenvalue weighted by Crippen LogP contribution is 2.39. The summed E-state index contributed by atoms with van der Waals surface area (Å²) < 4.78 is 12.7. The van der Waals surface area contributed by atoms with E-state index in [1.54, 1.807) is 0 Å². The zero-order valence-corrected chi connectivity index (χ0v) is 18.3. The highest BCUT2D eigenvalue weighted by Gasteiger charge is 2.39. The summed E-state index contributed by atoms with van der Waals surface area (Å²) in [4.78, 5) is 0. The topological polar surface area (TPSA) is 18.5 Å². The Morgan fingerprint density at radius 2 is 1.92 bits per heavy atom. The Hall–Kier alpha value is -1.16. The third kappa shape index (κ3) is 5.18.